The van der Waals surface area contributed by atoms with Gasteiger partial charge >= 0.3 is 5.97 Å². The van der Waals surface area contributed by atoms with Crippen molar-refractivity contribution < 1.29 is 9.90 Å². The number of nitrogens with zero attached hydrogens (tertiary/aromatic N) is 1. The van der Waals surface area contributed by atoms with Crippen LogP contribution in [0.15, 0.2) is 0 Å². The summed E-state index contributed by atoms with van der Waals surface area (Å²) in [5.41, 5.74) is -0.671. The summed E-state index contributed by atoms with van der Waals surface area (Å²) >= 11 is 0. The zero-order chi connectivity index (χ0) is 11.5. The molecule has 1 fully saturated rings. The molecule has 0 aromatic carbocycles. The van der Waals surface area contributed by atoms with E-state index in [9.17, 15) is 4.79 Å². The van der Waals surface area contributed by atoms with Gasteiger partial charge in [-0.3, -0.25) is 4.79 Å². The van der Waals surface area contributed by atoms with E-state index in [1.165, 1.54) is 6.42 Å². The van der Waals surface area contributed by atoms with Gasteiger partial charge < -0.3 is 15.3 Å². The summed E-state index contributed by atoms with van der Waals surface area (Å²) in [4.78, 5) is 13.2. The second-order valence-electron chi connectivity index (χ2n) is 5.17. The number of hydrogen-bond donors (Lipinski definition) is 2. The van der Waals surface area contributed by atoms with Crippen LogP contribution >= 0.6 is 0 Å². The van der Waals surface area contributed by atoms with E-state index in [1.54, 1.807) is 13.8 Å². The summed E-state index contributed by atoms with van der Waals surface area (Å²) in [5, 5.41) is 12.3. The van der Waals surface area contributed by atoms with Gasteiger partial charge in [0.15, 0.2) is 0 Å². The topological polar surface area (TPSA) is 52.6 Å². The molecule has 1 aliphatic rings. The van der Waals surface area contributed by atoms with Crippen LogP contribution in [0.4, 0.5) is 0 Å². The number of likely N-dealkylation sites (tertiary alicyclic amines) is 1. The Morgan fingerprint density at radius 2 is 2.27 bits per heavy atom. The molecular formula is C11H22N2O2. The van der Waals surface area contributed by atoms with Crippen LogP contribution in [0.5, 0.6) is 0 Å². The van der Waals surface area contributed by atoms with Crippen molar-refractivity contribution >= 4 is 5.97 Å². The largest absolute Gasteiger partial charge is 0.481 e. The predicted octanol–water partition coefficient (Wildman–Crippen LogP) is 0.781. The molecule has 1 rings (SSSR count). The molecule has 0 spiro atoms. The first-order valence-electron chi connectivity index (χ1n) is 5.57. The molecule has 15 heavy (non-hydrogen) atoms. The minimum absolute atomic E-state index is 0.447. The maximum absolute atomic E-state index is 10.9. The van der Waals surface area contributed by atoms with E-state index in [2.05, 4.69) is 17.3 Å². The lowest BCUT2D eigenvalue weighted by Gasteiger charge is -2.32. The first-order chi connectivity index (χ1) is 6.92. The quantitative estimate of drug-likeness (QED) is 0.726. The normalized spacial score (nSPS) is 24.1. The second-order valence-corrected chi connectivity index (χ2v) is 5.17. The average molecular weight is 214 g/mol. The minimum Gasteiger partial charge on any atom is -0.481 e. The number of piperidine rings is 1. The van der Waals surface area contributed by atoms with E-state index >= 15 is 0 Å². The number of carboxylic acids is 1. The summed E-state index contributed by atoms with van der Waals surface area (Å²) in [6, 6.07) is 0.447. The fourth-order valence-corrected chi connectivity index (χ4v) is 1.81. The molecule has 0 bridgehead atoms. The van der Waals surface area contributed by atoms with E-state index in [0.717, 1.165) is 19.5 Å². The lowest BCUT2D eigenvalue weighted by Crippen LogP contribution is -2.48. The molecule has 88 valence electrons. The number of carbonyl (C=O) groups is 1. The smallest absolute Gasteiger partial charge is 0.310 e. The Morgan fingerprint density at radius 3 is 2.80 bits per heavy atom. The van der Waals surface area contributed by atoms with E-state index in [0.29, 0.717) is 12.6 Å². The van der Waals surface area contributed by atoms with Gasteiger partial charge in [0.2, 0.25) is 0 Å². The van der Waals surface area contributed by atoms with Gasteiger partial charge in [-0.05, 0) is 40.3 Å². The van der Waals surface area contributed by atoms with Crippen molar-refractivity contribution in [3.8, 4) is 0 Å². The third-order valence-corrected chi connectivity index (χ3v) is 3.04. The van der Waals surface area contributed by atoms with Gasteiger partial charge in [0, 0.05) is 19.1 Å². The standard InChI is InChI=1S/C11H22N2O2/c1-11(2,10(14)15)8-12-9-5-4-6-13(3)7-9/h9,12H,4-8H2,1-3H3,(H,14,15). The van der Waals surface area contributed by atoms with Gasteiger partial charge in [0.05, 0.1) is 5.41 Å². The van der Waals surface area contributed by atoms with Gasteiger partial charge in [-0.15, -0.1) is 0 Å². The highest BCUT2D eigenvalue weighted by atomic mass is 16.4. The van der Waals surface area contributed by atoms with Crippen LogP contribution in [-0.2, 0) is 4.79 Å². The predicted molar refractivity (Wildman–Crippen MR) is 59.9 cm³/mol. The molecule has 1 aliphatic heterocycles. The van der Waals surface area contributed by atoms with Gasteiger partial charge in [-0.1, -0.05) is 0 Å². The van der Waals surface area contributed by atoms with Crippen LogP contribution in [0.2, 0.25) is 0 Å². The van der Waals surface area contributed by atoms with Crippen molar-refractivity contribution in [1.29, 1.82) is 0 Å². The Bertz CT molecular complexity index is 229. The van der Waals surface area contributed by atoms with Crippen molar-refractivity contribution in [1.82, 2.24) is 10.2 Å². The maximum Gasteiger partial charge on any atom is 0.310 e. The summed E-state index contributed by atoms with van der Waals surface area (Å²) in [5.74, 6) is -0.737. The van der Waals surface area contributed by atoms with E-state index in [-0.39, 0.29) is 0 Å². The average Bonchev–Trinajstić information content (AvgIpc) is 2.15. The molecule has 1 unspecified atom stereocenters. The Labute approximate surface area is 91.6 Å². The lowest BCUT2D eigenvalue weighted by molar-refractivity contribution is -0.146. The highest BCUT2D eigenvalue weighted by molar-refractivity contribution is 5.73. The summed E-state index contributed by atoms with van der Waals surface area (Å²) < 4.78 is 0. The molecule has 2 N–H and O–H groups in total. The van der Waals surface area contributed by atoms with Gasteiger partial charge in [-0.25, -0.2) is 0 Å². The molecule has 0 amide bonds. The van der Waals surface area contributed by atoms with Gasteiger partial charge in [-0.2, -0.15) is 0 Å². The van der Waals surface area contributed by atoms with Crippen LogP contribution in [0.25, 0.3) is 0 Å². The SMILES string of the molecule is CN1CCCC(NCC(C)(C)C(=O)O)C1. The van der Waals surface area contributed by atoms with Crippen molar-refractivity contribution in [3.05, 3.63) is 0 Å². The number of rotatable bonds is 4. The van der Waals surface area contributed by atoms with E-state index < -0.39 is 11.4 Å². The number of nitrogens with one attached hydrogen (secondary N) is 1. The Hall–Kier alpha value is -0.610. The van der Waals surface area contributed by atoms with Crippen LogP contribution in [0, 0.1) is 5.41 Å². The highest BCUT2D eigenvalue weighted by Crippen LogP contribution is 2.15. The van der Waals surface area contributed by atoms with Gasteiger partial charge in [0.1, 0.15) is 0 Å². The first-order valence-corrected chi connectivity index (χ1v) is 5.57. The fourth-order valence-electron chi connectivity index (χ4n) is 1.81. The molecule has 1 atom stereocenters. The molecular weight excluding hydrogens is 192 g/mol. The van der Waals surface area contributed by atoms with Crippen LogP contribution in [0.3, 0.4) is 0 Å². The summed E-state index contributed by atoms with van der Waals surface area (Å²) in [6.45, 7) is 6.24. The van der Waals surface area contributed by atoms with Gasteiger partial charge in [0.25, 0.3) is 0 Å². The third-order valence-electron chi connectivity index (χ3n) is 3.04. The Balaban J connectivity index is 2.33. The molecule has 1 heterocycles. The van der Waals surface area contributed by atoms with Crippen molar-refractivity contribution in [2.75, 3.05) is 26.7 Å². The molecule has 0 aromatic rings. The van der Waals surface area contributed by atoms with E-state index in [4.69, 9.17) is 5.11 Å². The van der Waals surface area contributed by atoms with Crippen molar-refractivity contribution in [2.24, 2.45) is 5.41 Å². The molecule has 0 saturated carbocycles. The van der Waals surface area contributed by atoms with E-state index in [1.807, 2.05) is 0 Å². The van der Waals surface area contributed by atoms with Crippen molar-refractivity contribution in [2.45, 2.75) is 32.7 Å². The zero-order valence-electron chi connectivity index (χ0n) is 9.92. The molecule has 0 aliphatic carbocycles. The highest BCUT2D eigenvalue weighted by Gasteiger charge is 2.28. The molecule has 0 radical (unpaired) electrons. The monoisotopic (exact) mass is 214 g/mol. The van der Waals surface area contributed by atoms with Crippen molar-refractivity contribution in [3.63, 3.8) is 0 Å². The first kappa shape index (κ1) is 12.5. The lowest BCUT2D eigenvalue weighted by atomic mass is 9.93. The summed E-state index contributed by atoms with van der Waals surface area (Å²) in [7, 11) is 2.11. The number of hydrogen-bond acceptors (Lipinski definition) is 3. The molecule has 0 aromatic heterocycles. The number of carboxylic acid groups (broad SMARTS) is 1. The molecule has 1 saturated heterocycles. The zero-order valence-corrected chi connectivity index (χ0v) is 9.92. The Morgan fingerprint density at radius 1 is 1.60 bits per heavy atom. The Kier molecular flexibility index (Phi) is 4.11. The van der Waals surface area contributed by atoms with Crippen LogP contribution < -0.4 is 5.32 Å². The second kappa shape index (κ2) is 4.94. The molecule has 4 heteroatoms. The summed E-state index contributed by atoms with van der Waals surface area (Å²) in [6.07, 6.45) is 2.35. The third kappa shape index (κ3) is 3.80. The van der Waals surface area contributed by atoms with Crippen LogP contribution in [-0.4, -0.2) is 48.7 Å². The number of likely N-dealkylation sites (N-methyl/N-ethyl adjacent to an activating group) is 1. The fraction of sp³-hybridized carbons (Fsp3) is 0.909. The molecule has 4 nitrogen and oxygen atoms in total. The minimum atomic E-state index is -0.737. The maximum atomic E-state index is 10.9. The number of aliphatic carboxylic acids is 1. The van der Waals surface area contributed by atoms with Crippen LogP contribution in [0.1, 0.15) is 26.7 Å².